The van der Waals surface area contributed by atoms with Crippen LogP contribution in [0.25, 0.3) is 0 Å². The minimum atomic E-state index is -0.667. The summed E-state index contributed by atoms with van der Waals surface area (Å²) < 4.78 is 0. The highest BCUT2D eigenvalue weighted by molar-refractivity contribution is 7.10. The van der Waals surface area contributed by atoms with Crippen LogP contribution in [0.5, 0.6) is 0 Å². The van der Waals surface area contributed by atoms with Gasteiger partial charge in [0.25, 0.3) is 0 Å². The molecule has 1 aromatic rings. The quantitative estimate of drug-likeness (QED) is 0.850. The highest BCUT2D eigenvalue weighted by atomic mass is 32.1. The van der Waals surface area contributed by atoms with Crippen molar-refractivity contribution >= 4 is 17.3 Å². The van der Waals surface area contributed by atoms with Crippen LogP contribution < -0.4 is 0 Å². The number of hydrogen-bond acceptors (Lipinski definition) is 3. The van der Waals surface area contributed by atoms with Crippen molar-refractivity contribution in [3.8, 4) is 0 Å². The van der Waals surface area contributed by atoms with Gasteiger partial charge >= 0.3 is 5.97 Å². The van der Waals surface area contributed by atoms with Gasteiger partial charge in [0, 0.05) is 16.5 Å². The lowest BCUT2D eigenvalue weighted by molar-refractivity contribution is -0.141. The lowest BCUT2D eigenvalue weighted by Gasteiger charge is -2.47. The Morgan fingerprint density at radius 2 is 2.15 bits per heavy atom. The van der Waals surface area contributed by atoms with E-state index in [1.165, 1.54) is 11.3 Å². The molecule has 0 amide bonds. The van der Waals surface area contributed by atoms with Crippen molar-refractivity contribution in [2.45, 2.75) is 63.5 Å². The molecular formula is C16H25NO2S. The highest BCUT2D eigenvalue weighted by Gasteiger charge is 2.41. The summed E-state index contributed by atoms with van der Waals surface area (Å²) in [6.07, 6.45) is 6.86. The number of carboxylic acid groups (broad SMARTS) is 1. The Morgan fingerprint density at radius 3 is 2.65 bits per heavy atom. The summed E-state index contributed by atoms with van der Waals surface area (Å²) in [5.41, 5.74) is -0.158. The van der Waals surface area contributed by atoms with Crippen molar-refractivity contribution in [2.24, 2.45) is 0 Å². The molecule has 20 heavy (non-hydrogen) atoms. The molecule has 1 aromatic heterocycles. The minimum absolute atomic E-state index is 0.158. The van der Waals surface area contributed by atoms with Gasteiger partial charge in [-0.1, -0.05) is 32.3 Å². The van der Waals surface area contributed by atoms with Crippen molar-refractivity contribution in [1.82, 2.24) is 4.90 Å². The lowest BCUT2D eigenvalue weighted by Crippen LogP contribution is -2.50. The molecule has 112 valence electrons. The summed E-state index contributed by atoms with van der Waals surface area (Å²) in [4.78, 5) is 15.1. The first-order chi connectivity index (χ1) is 9.59. The molecule has 3 nitrogen and oxygen atoms in total. The normalized spacial score (nSPS) is 19.9. The van der Waals surface area contributed by atoms with Crippen LogP contribution in [0.1, 0.15) is 62.8 Å². The van der Waals surface area contributed by atoms with E-state index in [9.17, 15) is 9.90 Å². The summed E-state index contributed by atoms with van der Waals surface area (Å²) in [6.45, 7) is 2.19. The standard InChI is InChI=1S/C16H25NO2S/c1-3-13(14-8-7-11-20-14)17(2)16(12-15(18)19)9-5-4-6-10-16/h7-8,11,13H,3-6,9-10,12H2,1-2H3,(H,18,19). The third-order valence-electron chi connectivity index (χ3n) is 4.74. The van der Waals surface area contributed by atoms with Gasteiger partial charge in [-0.25, -0.2) is 0 Å². The fraction of sp³-hybridized carbons (Fsp3) is 0.688. The van der Waals surface area contributed by atoms with Gasteiger partial charge in [-0.3, -0.25) is 9.69 Å². The number of aliphatic carboxylic acids is 1. The molecule has 1 atom stereocenters. The molecule has 1 heterocycles. The summed E-state index contributed by atoms with van der Waals surface area (Å²) in [5.74, 6) is -0.667. The topological polar surface area (TPSA) is 40.5 Å². The van der Waals surface area contributed by atoms with Crippen LogP contribution in [-0.2, 0) is 4.79 Å². The average molecular weight is 295 g/mol. The Kier molecular flexibility index (Phi) is 5.22. The fourth-order valence-corrected chi connectivity index (χ4v) is 4.58. The van der Waals surface area contributed by atoms with Crippen LogP contribution in [-0.4, -0.2) is 28.6 Å². The molecule has 1 unspecified atom stereocenters. The summed E-state index contributed by atoms with van der Waals surface area (Å²) in [7, 11) is 2.13. The summed E-state index contributed by atoms with van der Waals surface area (Å²) in [6, 6.07) is 4.60. The van der Waals surface area contributed by atoms with Crippen LogP contribution in [0.15, 0.2) is 17.5 Å². The van der Waals surface area contributed by atoms with Crippen LogP contribution in [0.4, 0.5) is 0 Å². The lowest BCUT2D eigenvalue weighted by atomic mass is 9.77. The van der Waals surface area contributed by atoms with E-state index in [1.807, 2.05) is 0 Å². The van der Waals surface area contributed by atoms with E-state index in [0.29, 0.717) is 6.04 Å². The van der Waals surface area contributed by atoms with E-state index in [2.05, 4.69) is 36.4 Å². The number of thiophene rings is 1. The first kappa shape index (κ1) is 15.5. The van der Waals surface area contributed by atoms with Gasteiger partial charge in [0.1, 0.15) is 0 Å². The summed E-state index contributed by atoms with van der Waals surface area (Å²) in [5, 5.41) is 11.4. The molecule has 0 bridgehead atoms. The van der Waals surface area contributed by atoms with Gasteiger partial charge in [-0.15, -0.1) is 11.3 Å². The van der Waals surface area contributed by atoms with Crippen molar-refractivity contribution < 1.29 is 9.90 Å². The number of nitrogens with zero attached hydrogens (tertiary/aromatic N) is 1. The molecule has 0 aromatic carbocycles. The predicted molar refractivity (Wildman–Crippen MR) is 83.2 cm³/mol. The van der Waals surface area contributed by atoms with Gasteiger partial charge in [0.05, 0.1) is 6.42 Å². The SMILES string of the molecule is CCC(c1cccs1)N(C)C1(CC(=O)O)CCCCC1. The van der Waals surface area contributed by atoms with Crippen LogP contribution >= 0.6 is 11.3 Å². The Morgan fingerprint density at radius 1 is 1.45 bits per heavy atom. The average Bonchev–Trinajstić information content (AvgIpc) is 2.93. The van der Waals surface area contributed by atoms with Crippen LogP contribution in [0, 0.1) is 0 Å². The molecule has 1 saturated carbocycles. The van der Waals surface area contributed by atoms with E-state index in [4.69, 9.17) is 0 Å². The maximum atomic E-state index is 11.4. The van der Waals surface area contributed by atoms with Crippen molar-refractivity contribution in [1.29, 1.82) is 0 Å². The Bertz CT molecular complexity index is 424. The number of carbonyl (C=O) groups is 1. The zero-order valence-electron chi connectivity index (χ0n) is 12.5. The van der Waals surface area contributed by atoms with Crippen LogP contribution in [0.3, 0.4) is 0 Å². The van der Waals surface area contributed by atoms with Crippen molar-refractivity contribution in [3.05, 3.63) is 22.4 Å². The number of hydrogen-bond donors (Lipinski definition) is 1. The van der Waals surface area contributed by atoms with Gasteiger partial charge < -0.3 is 5.11 Å². The van der Waals surface area contributed by atoms with Gasteiger partial charge in [0.15, 0.2) is 0 Å². The monoisotopic (exact) mass is 295 g/mol. The second kappa shape index (κ2) is 6.72. The predicted octanol–water partition coefficient (Wildman–Crippen LogP) is 4.31. The number of rotatable bonds is 6. The molecule has 1 N–H and O–H groups in total. The molecule has 1 aliphatic carbocycles. The largest absolute Gasteiger partial charge is 0.481 e. The van der Waals surface area contributed by atoms with E-state index < -0.39 is 5.97 Å². The van der Waals surface area contributed by atoms with Crippen molar-refractivity contribution in [3.63, 3.8) is 0 Å². The van der Waals surface area contributed by atoms with Gasteiger partial charge in [-0.05, 0) is 37.8 Å². The molecule has 0 saturated heterocycles. The molecule has 0 radical (unpaired) electrons. The Balaban J connectivity index is 2.24. The van der Waals surface area contributed by atoms with Gasteiger partial charge in [0.2, 0.25) is 0 Å². The Labute approximate surface area is 125 Å². The maximum absolute atomic E-state index is 11.4. The van der Waals surface area contributed by atoms with Crippen molar-refractivity contribution in [2.75, 3.05) is 7.05 Å². The molecule has 0 aliphatic heterocycles. The maximum Gasteiger partial charge on any atom is 0.305 e. The van der Waals surface area contributed by atoms with E-state index in [0.717, 1.165) is 32.1 Å². The highest BCUT2D eigenvalue weighted by Crippen LogP contribution is 2.41. The minimum Gasteiger partial charge on any atom is -0.481 e. The number of carboxylic acids is 1. The van der Waals surface area contributed by atoms with E-state index >= 15 is 0 Å². The van der Waals surface area contributed by atoms with Crippen LogP contribution in [0.2, 0.25) is 0 Å². The molecular weight excluding hydrogens is 270 g/mol. The smallest absolute Gasteiger partial charge is 0.305 e. The van der Waals surface area contributed by atoms with E-state index in [1.54, 1.807) is 11.3 Å². The first-order valence-corrected chi connectivity index (χ1v) is 8.45. The zero-order chi connectivity index (χ0) is 14.6. The second-order valence-electron chi connectivity index (χ2n) is 5.91. The molecule has 1 fully saturated rings. The zero-order valence-corrected chi connectivity index (χ0v) is 13.3. The summed E-state index contributed by atoms with van der Waals surface area (Å²) >= 11 is 1.78. The molecule has 1 aliphatic rings. The molecule has 0 spiro atoms. The third-order valence-corrected chi connectivity index (χ3v) is 5.71. The Hall–Kier alpha value is -0.870. The second-order valence-corrected chi connectivity index (χ2v) is 6.89. The van der Waals surface area contributed by atoms with E-state index in [-0.39, 0.29) is 12.0 Å². The molecule has 2 rings (SSSR count). The fourth-order valence-electron chi connectivity index (χ4n) is 3.62. The third kappa shape index (κ3) is 3.23. The molecule has 4 heteroatoms. The van der Waals surface area contributed by atoms with Gasteiger partial charge in [-0.2, -0.15) is 0 Å². The first-order valence-electron chi connectivity index (χ1n) is 7.57.